The molecular formula is C24H24FN3O7. The largest absolute Gasteiger partial charge is 0.493 e. The lowest BCUT2D eigenvalue weighted by Gasteiger charge is -2.17. The van der Waals surface area contributed by atoms with Gasteiger partial charge in [-0.05, 0) is 31.2 Å². The molecule has 2 atom stereocenters. The maximum Gasteiger partial charge on any atom is 0.305 e. The fraction of sp³-hybridized carbons (Fsp3) is 0.292. The molecule has 2 aromatic heterocycles. The Morgan fingerprint density at radius 2 is 1.89 bits per heavy atom. The second kappa shape index (κ2) is 10.1. The van der Waals surface area contributed by atoms with Gasteiger partial charge in [-0.2, -0.15) is 0 Å². The molecule has 0 saturated heterocycles. The third-order valence-corrected chi connectivity index (χ3v) is 5.31. The third kappa shape index (κ3) is 5.42. The Morgan fingerprint density at radius 1 is 1.09 bits per heavy atom. The molecule has 0 bridgehead atoms. The highest BCUT2D eigenvalue weighted by Gasteiger charge is 2.19. The Kier molecular flexibility index (Phi) is 6.99. The van der Waals surface area contributed by atoms with Crippen LogP contribution in [0.5, 0.6) is 23.1 Å². The third-order valence-electron chi connectivity index (χ3n) is 5.31. The van der Waals surface area contributed by atoms with Crippen molar-refractivity contribution in [1.82, 2.24) is 15.0 Å². The van der Waals surface area contributed by atoms with Crippen molar-refractivity contribution >= 4 is 27.8 Å². The number of H-pyrrole nitrogens is 1. The van der Waals surface area contributed by atoms with Crippen LogP contribution in [0.3, 0.4) is 0 Å². The highest BCUT2D eigenvalue weighted by molar-refractivity contribution is 5.87. The van der Waals surface area contributed by atoms with E-state index in [4.69, 9.17) is 19.3 Å². The van der Waals surface area contributed by atoms with Crippen molar-refractivity contribution in [3.05, 3.63) is 48.2 Å². The Labute approximate surface area is 198 Å². The first-order valence-corrected chi connectivity index (χ1v) is 10.7. The fourth-order valence-corrected chi connectivity index (χ4v) is 3.72. The summed E-state index contributed by atoms with van der Waals surface area (Å²) in [5.74, 6) is -1.03. The normalized spacial score (nSPS) is 13.1. The number of nitrogens with one attached hydrogen (secondary N) is 1. The summed E-state index contributed by atoms with van der Waals surface area (Å²) < 4.78 is 31.8. The molecule has 0 aliphatic rings. The van der Waals surface area contributed by atoms with E-state index in [1.165, 1.54) is 19.5 Å². The van der Waals surface area contributed by atoms with Crippen molar-refractivity contribution < 1.29 is 38.7 Å². The first-order chi connectivity index (χ1) is 16.7. The van der Waals surface area contributed by atoms with Gasteiger partial charge in [-0.1, -0.05) is 0 Å². The molecule has 2 aromatic carbocycles. The summed E-state index contributed by atoms with van der Waals surface area (Å²) in [6, 6.07) is 8.05. The SMILES string of the molecule is COc1cc2c(Oc3ccc4[nH]c(C)cc4c3F)ncnc2cc1OC[C@@H](O)C[C@@H](O)CC(=O)O. The second-order valence-electron chi connectivity index (χ2n) is 8.04. The molecule has 0 aliphatic heterocycles. The number of aromatic nitrogens is 3. The summed E-state index contributed by atoms with van der Waals surface area (Å²) in [6.45, 7) is 1.62. The van der Waals surface area contributed by atoms with Gasteiger partial charge in [0.15, 0.2) is 23.1 Å². The molecule has 4 N–H and O–H groups in total. The summed E-state index contributed by atoms with van der Waals surface area (Å²) in [4.78, 5) is 22.1. The molecule has 10 nitrogen and oxygen atoms in total. The van der Waals surface area contributed by atoms with Crippen LogP contribution < -0.4 is 14.2 Å². The van der Waals surface area contributed by atoms with Crippen LogP contribution in [0, 0.1) is 12.7 Å². The number of carbonyl (C=O) groups is 1. The number of halogens is 1. The summed E-state index contributed by atoms with van der Waals surface area (Å²) in [5.41, 5.74) is 1.90. The van der Waals surface area contributed by atoms with Crippen LogP contribution in [-0.4, -0.2) is 62.2 Å². The maximum absolute atomic E-state index is 15.0. The van der Waals surface area contributed by atoms with Crippen LogP contribution in [0.2, 0.25) is 0 Å². The average molecular weight is 485 g/mol. The van der Waals surface area contributed by atoms with Gasteiger partial charge in [-0.25, -0.2) is 14.4 Å². The van der Waals surface area contributed by atoms with Gasteiger partial charge in [-0.15, -0.1) is 0 Å². The molecule has 0 fully saturated rings. The van der Waals surface area contributed by atoms with Gasteiger partial charge >= 0.3 is 5.97 Å². The van der Waals surface area contributed by atoms with Crippen LogP contribution in [0.25, 0.3) is 21.8 Å². The van der Waals surface area contributed by atoms with E-state index in [1.807, 2.05) is 6.92 Å². The lowest BCUT2D eigenvalue weighted by molar-refractivity contribution is -0.139. The Balaban J connectivity index is 1.57. The Morgan fingerprint density at radius 3 is 2.63 bits per heavy atom. The molecule has 0 aliphatic carbocycles. The predicted octanol–water partition coefficient (Wildman–Crippen LogP) is 3.32. The van der Waals surface area contributed by atoms with E-state index in [-0.39, 0.29) is 36.2 Å². The number of rotatable bonds is 10. The number of hydrogen-bond acceptors (Lipinski definition) is 8. The lowest BCUT2D eigenvalue weighted by atomic mass is 10.1. The molecule has 4 rings (SSSR count). The first-order valence-electron chi connectivity index (χ1n) is 10.7. The van der Waals surface area contributed by atoms with E-state index in [9.17, 15) is 15.0 Å². The van der Waals surface area contributed by atoms with Gasteiger partial charge in [0, 0.05) is 29.1 Å². The topological polar surface area (TPSA) is 147 Å². The quantitative estimate of drug-likeness (QED) is 0.265. The Bertz CT molecular complexity index is 1370. The number of carboxylic acid groups (broad SMARTS) is 1. The van der Waals surface area contributed by atoms with E-state index >= 15 is 4.39 Å². The minimum atomic E-state index is -1.20. The molecule has 0 amide bonds. The van der Waals surface area contributed by atoms with E-state index in [1.54, 1.807) is 24.3 Å². The molecular weight excluding hydrogens is 461 g/mol. The van der Waals surface area contributed by atoms with Crippen molar-refractivity contribution in [2.75, 3.05) is 13.7 Å². The summed E-state index contributed by atoms with van der Waals surface area (Å²) >= 11 is 0. The van der Waals surface area contributed by atoms with Gasteiger partial charge in [0.2, 0.25) is 5.88 Å². The predicted molar refractivity (Wildman–Crippen MR) is 124 cm³/mol. The smallest absolute Gasteiger partial charge is 0.305 e. The van der Waals surface area contributed by atoms with Crippen molar-refractivity contribution in [2.45, 2.75) is 32.0 Å². The second-order valence-corrected chi connectivity index (χ2v) is 8.04. The van der Waals surface area contributed by atoms with E-state index in [0.717, 1.165) is 5.69 Å². The van der Waals surface area contributed by atoms with Crippen LogP contribution in [0.15, 0.2) is 36.7 Å². The minimum Gasteiger partial charge on any atom is -0.493 e. The van der Waals surface area contributed by atoms with Gasteiger partial charge in [-0.3, -0.25) is 4.79 Å². The van der Waals surface area contributed by atoms with Crippen LogP contribution in [0.1, 0.15) is 18.5 Å². The molecule has 184 valence electrons. The summed E-state index contributed by atoms with van der Waals surface area (Å²) in [7, 11) is 1.42. The number of benzene rings is 2. The number of nitrogens with zero attached hydrogens (tertiary/aromatic N) is 2. The maximum atomic E-state index is 15.0. The van der Waals surface area contributed by atoms with Gasteiger partial charge < -0.3 is 34.5 Å². The highest BCUT2D eigenvalue weighted by Crippen LogP contribution is 2.37. The summed E-state index contributed by atoms with van der Waals surface area (Å²) in [5, 5.41) is 29.3. The number of aliphatic carboxylic acids is 1. The van der Waals surface area contributed by atoms with Crippen molar-refractivity contribution in [3.8, 4) is 23.1 Å². The number of aliphatic hydroxyl groups is 2. The van der Waals surface area contributed by atoms with Crippen molar-refractivity contribution in [1.29, 1.82) is 0 Å². The van der Waals surface area contributed by atoms with E-state index < -0.39 is 30.4 Å². The van der Waals surface area contributed by atoms with Gasteiger partial charge in [0.1, 0.15) is 12.9 Å². The zero-order valence-corrected chi connectivity index (χ0v) is 19.0. The number of methoxy groups -OCH3 is 1. The van der Waals surface area contributed by atoms with Crippen LogP contribution in [0.4, 0.5) is 4.39 Å². The Hall–Kier alpha value is -3.96. The number of aliphatic hydroxyl groups excluding tert-OH is 2. The molecule has 2 heterocycles. The zero-order valence-electron chi connectivity index (χ0n) is 19.0. The monoisotopic (exact) mass is 485 g/mol. The molecule has 35 heavy (non-hydrogen) atoms. The standard InChI is InChI=1S/C24H24FN3O7/c1-12-5-15-17(28-12)3-4-19(23(15)25)35-24-16-8-20(33-2)21(9-18(16)26-11-27-24)34-10-14(30)6-13(29)7-22(31)32/h3-5,8-9,11,13-14,28-30H,6-7,10H2,1-2H3,(H,31,32)/t13-,14+/m1/s1. The molecule has 4 aromatic rings. The highest BCUT2D eigenvalue weighted by atomic mass is 19.1. The molecule has 0 radical (unpaired) electrons. The van der Waals surface area contributed by atoms with Gasteiger partial charge in [0.05, 0.1) is 36.6 Å². The minimum absolute atomic E-state index is 0.00108. The van der Waals surface area contributed by atoms with Crippen LogP contribution >= 0.6 is 0 Å². The van der Waals surface area contributed by atoms with Crippen LogP contribution in [-0.2, 0) is 4.79 Å². The molecule has 11 heteroatoms. The number of aromatic amines is 1. The summed E-state index contributed by atoms with van der Waals surface area (Å²) in [6.07, 6.45) is -1.69. The lowest BCUT2D eigenvalue weighted by Crippen LogP contribution is -2.25. The number of fused-ring (bicyclic) bond motifs is 2. The first kappa shape index (κ1) is 24.2. The molecule has 0 saturated carbocycles. The number of carboxylic acids is 1. The number of hydrogen-bond donors (Lipinski definition) is 4. The van der Waals surface area contributed by atoms with Crippen molar-refractivity contribution in [2.24, 2.45) is 0 Å². The van der Waals surface area contributed by atoms with Crippen molar-refractivity contribution in [3.63, 3.8) is 0 Å². The number of aryl methyl sites for hydroxylation is 1. The molecule has 0 unspecified atom stereocenters. The zero-order chi connectivity index (χ0) is 25.1. The average Bonchev–Trinajstić information content (AvgIpc) is 3.19. The number of ether oxygens (including phenoxy) is 3. The fourth-order valence-electron chi connectivity index (χ4n) is 3.72. The molecule has 0 spiro atoms. The van der Waals surface area contributed by atoms with E-state index in [2.05, 4.69) is 15.0 Å². The van der Waals surface area contributed by atoms with Gasteiger partial charge in [0.25, 0.3) is 0 Å². The van der Waals surface area contributed by atoms with E-state index in [0.29, 0.717) is 21.8 Å².